The number of nitrogens with two attached hydrogens (primary N) is 1. The lowest BCUT2D eigenvalue weighted by molar-refractivity contribution is 0.281. The standard InChI is InChI=1S/C9H13NO3/c1-12-7-4-3-6(5-11)8(10)9(7)13-2/h3-4,11H,5,10H2,1-2H3. The summed E-state index contributed by atoms with van der Waals surface area (Å²) in [6, 6.07) is 3.41. The Labute approximate surface area is 76.9 Å². The third-order valence-corrected chi connectivity index (χ3v) is 1.84. The summed E-state index contributed by atoms with van der Waals surface area (Å²) in [4.78, 5) is 0. The fourth-order valence-corrected chi connectivity index (χ4v) is 1.13. The Balaban J connectivity index is 3.23. The second-order valence-corrected chi connectivity index (χ2v) is 2.53. The minimum atomic E-state index is -0.105. The summed E-state index contributed by atoms with van der Waals surface area (Å²) in [7, 11) is 3.05. The van der Waals surface area contributed by atoms with E-state index < -0.39 is 0 Å². The van der Waals surface area contributed by atoms with E-state index in [1.807, 2.05) is 0 Å². The van der Waals surface area contributed by atoms with Crippen LogP contribution in [0.5, 0.6) is 11.5 Å². The first-order valence-electron chi connectivity index (χ1n) is 3.84. The molecule has 0 saturated heterocycles. The number of aliphatic hydroxyl groups excluding tert-OH is 1. The maximum atomic E-state index is 8.93. The van der Waals surface area contributed by atoms with Crippen molar-refractivity contribution in [2.45, 2.75) is 6.61 Å². The van der Waals surface area contributed by atoms with E-state index in [1.54, 1.807) is 12.1 Å². The number of hydrogen-bond donors (Lipinski definition) is 2. The summed E-state index contributed by atoms with van der Waals surface area (Å²) in [6.07, 6.45) is 0. The van der Waals surface area contributed by atoms with E-state index >= 15 is 0 Å². The molecule has 0 aliphatic rings. The van der Waals surface area contributed by atoms with Crippen LogP contribution < -0.4 is 15.2 Å². The molecule has 0 aromatic heterocycles. The minimum absolute atomic E-state index is 0.105. The molecule has 4 nitrogen and oxygen atoms in total. The Morgan fingerprint density at radius 2 is 2.00 bits per heavy atom. The number of aliphatic hydroxyl groups is 1. The van der Waals surface area contributed by atoms with Crippen LogP contribution in [-0.2, 0) is 6.61 Å². The van der Waals surface area contributed by atoms with Gasteiger partial charge in [-0.3, -0.25) is 0 Å². The van der Waals surface area contributed by atoms with Crippen molar-refractivity contribution in [3.05, 3.63) is 17.7 Å². The normalized spacial score (nSPS) is 9.77. The van der Waals surface area contributed by atoms with Gasteiger partial charge in [0.05, 0.1) is 26.5 Å². The first-order chi connectivity index (χ1) is 6.24. The van der Waals surface area contributed by atoms with Crippen molar-refractivity contribution in [2.24, 2.45) is 0 Å². The number of anilines is 1. The van der Waals surface area contributed by atoms with Gasteiger partial charge in [-0.2, -0.15) is 0 Å². The summed E-state index contributed by atoms with van der Waals surface area (Å²) in [5.41, 5.74) is 6.77. The fraction of sp³-hybridized carbons (Fsp3) is 0.333. The Morgan fingerprint density at radius 1 is 1.31 bits per heavy atom. The molecule has 1 rings (SSSR count). The zero-order valence-electron chi connectivity index (χ0n) is 7.70. The number of nitrogen functional groups attached to an aromatic ring is 1. The van der Waals surface area contributed by atoms with Gasteiger partial charge in [0, 0.05) is 5.56 Å². The van der Waals surface area contributed by atoms with E-state index in [4.69, 9.17) is 20.3 Å². The van der Waals surface area contributed by atoms with E-state index in [9.17, 15) is 0 Å². The number of ether oxygens (including phenoxy) is 2. The summed E-state index contributed by atoms with van der Waals surface area (Å²) < 4.78 is 10.1. The third kappa shape index (κ3) is 1.67. The number of methoxy groups -OCH3 is 2. The molecule has 0 unspecified atom stereocenters. The highest BCUT2D eigenvalue weighted by Gasteiger charge is 2.10. The predicted octanol–water partition coefficient (Wildman–Crippen LogP) is 0.778. The van der Waals surface area contributed by atoms with Gasteiger partial charge in [-0.25, -0.2) is 0 Å². The topological polar surface area (TPSA) is 64.7 Å². The second kappa shape index (κ2) is 4.00. The number of hydrogen-bond acceptors (Lipinski definition) is 4. The largest absolute Gasteiger partial charge is 0.493 e. The van der Waals surface area contributed by atoms with Crippen molar-refractivity contribution in [1.82, 2.24) is 0 Å². The van der Waals surface area contributed by atoms with Gasteiger partial charge in [0.2, 0.25) is 0 Å². The molecule has 0 saturated carbocycles. The molecular formula is C9H13NO3. The molecule has 1 aromatic carbocycles. The summed E-state index contributed by atoms with van der Waals surface area (Å²) in [6.45, 7) is -0.105. The van der Waals surface area contributed by atoms with Gasteiger partial charge in [-0.1, -0.05) is 6.07 Å². The van der Waals surface area contributed by atoms with Crippen LogP contribution in [0.4, 0.5) is 5.69 Å². The van der Waals surface area contributed by atoms with Crippen molar-refractivity contribution in [2.75, 3.05) is 20.0 Å². The molecule has 0 aliphatic heterocycles. The Hall–Kier alpha value is -1.42. The molecular weight excluding hydrogens is 170 g/mol. The molecule has 1 aromatic rings. The molecule has 0 bridgehead atoms. The fourth-order valence-electron chi connectivity index (χ4n) is 1.13. The van der Waals surface area contributed by atoms with Gasteiger partial charge in [-0.15, -0.1) is 0 Å². The SMILES string of the molecule is COc1ccc(CO)c(N)c1OC. The first-order valence-corrected chi connectivity index (χ1v) is 3.84. The van der Waals surface area contributed by atoms with Crippen molar-refractivity contribution in [1.29, 1.82) is 0 Å². The summed E-state index contributed by atoms with van der Waals surface area (Å²) >= 11 is 0. The van der Waals surface area contributed by atoms with E-state index in [-0.39, 0.29) is 6.61 Å². The highest BCUT2D eigenvalue weighted by atomic mass is 16.5. The van der Waals surface area contributed by atoms with Crippen LogP contribution in [-0.4, -0.2) is 19.3 Å². The van der Waals surface area contributed by atoms with Gasteiger partial charge in [0.15, 0.2) is 11.5 Å². The lowest BCUT2D eigenvalue weighted by atomic mass is 10.1. The minimum Gasteiger partial charge on any atom is -0.493 e. The van der Waals surface area contributed by atoms with Crippen LogP contribution >= 0.6 is 0 Å². The maximum Gasteiger partial charge on any atom is 0.184 e. The Kier molecular flexibility index (Phi) is 2.97. The molecule has 0 aliphatic carbocycles. The molecule has 0 atom stereocenters. The van der Waals surface area contributed by atoms with Gasteiger partial charge in [0.1, 0.15) is 0 Å². The summed E-state index contributed by atoms with van der Waals surface area (Å²) in [5.74, 6) is 1.03. The monoisotopic (exact) mass is 183 g/mol. The highest BCUT2D eigenvalue weighted by Crippen LogP contribution is 2.35. The lowest BCUT2D eigenvalue weighted by Gasteiger charge is -2.12. The van der Waals surface area contributed by atoms with Crippen LogP contribution in [0.3, 0.4) is 0 Å². The van der Waals surface area contributed by atoms with Gasteiger partial charge in [-0.05, 0) is 6.07 Å². The average Bonchev–Trinajstić information content (AvgIpc) is 2.17. The number of benzene rings is 1. The van der Waals surface area contributed by atoms with Gasteiger partial charge in [0.25, 0.3) is 0 Å². The molecule has 0 radical (unpaired) electrons. The molecule has 4 heteroatoms. The van der Waals surface area contributed by atoms with Crippen molar-refractivity contribution in [3.8, 4) is 11.5 Å². The Morgan fingerprint density at radius 3 is 2.46 bits per heavy atom. The van der Waals surface area contributed by atoms with E-state index in [0.717, 1.165) is 0 Å². The predicted molar refractivity (Wildman–Crippen MR) is 49.9 cm³/mol. The average molecular weight is 183 g/mol. The molecule has 3 N–H and O–H groups in total. The zero-order valence-corrected chi connectivity index (χ0v) is 7.70. The van der Waals surface area contributed by atoms with Crippen LogP contribution in [0.2, 0.25) is 0 Å². The highest BCUT2D eigenvalue weighted by molar-refractivity contribution is 5.64. The van der Waals surface area contributed by atoms with Crippen LogP contribution in [0, 0.1) is 0 Å². The zero-order chi connectivity index (χ0) is 9.84. The van der Waals surface area contributed by atoms with E-state index in [0.29, 0.717) is 22.7 Å². The van der Waals surface area contributed by atoms with Crippen LogP contribution in [0.15, 0.2) is 12.1 Å². The molecule has 0 spiro atoms. The molecule has 0 fully saturated rings. The molecule has 0 amide bonds. The molecule has 72 valence electrons. The van der Waals surface area contributed by atoms with Crippen LogP contribution in [0.1, 0.15) is 5.56 Å². The Bertz CT molecular complexity index is 299. The number of rotatable bonds is 3. The van der Waals surface area contributed by atoms with Gasteiger partial charge >= 0.3 is 0 Å². The maximum absolute atomic E-state index is 8.93. The third-order valence-electron chi connectivity index (χ3n) is 1.84. The van der Waals surface area contributed by atoms with E-state index in [2.05, 4.69) is 0 Å². The lowest BCUT2D eigenvalue weighted by Crippen LogP contribution is -2.00. The van der Waals surface area contributed by atoms with E-state index in [1.165, 1.54) is 14.2 Å². The second-order valence-electron chi connectivity index (χ2n) is 2.53. The smallest absolute Gasteiger partial charge is 0.184 e. The molecule has 0 heterocycles. The van der Waals surface area contributed by atoms with Crippen molar-refractivity contribution in [3.63, 3.8) is 0 Å². The van der Waals surface area contributed by atoms with Gasteiger partial charge < -0.3 is 20.3 Å². The summed E-state index contributed by atoms with van der Waals surface area (Å²) in [5, 5.41) is 8.93. The van der Waals surface area contributed by atoms with Crippen LogP contribution in [0.25, 0.3) is 0 Å². The molecule has 13 heavy (non-hydrogen) atoms. The quantitative estimate of drug-likeness (QED) is 0.679. The van der Waals surface area contributed by atoms with Crippen molar-refractivity contribution < 1.29 is 14.6 Å². The van der Waals surface area contributed by atoms with Crippen molar-refractivity contribution >= 4 is 5.69 Å². The first kappa shape index (κ1) is 9.67.